The maximum atomic E-state index is 5.89. The molecule has 1 aromatic heterocycles. The normalized spacial score (nSPS) is 12.2. The Morgan fingerprint density at radius 1 is 1.10 bits per heavy atom. The summed E-state index contributed by atoms with van der Waals surface area (Å²) in [6.07, 6.45) is -0.229. The fourth-order valence-electron chi connectivity index (χ4n) is 2.22. The minimum atomic E-state index is -0.229. The van der Waals surface area contributed by atoms with Crippen LogP contribution in [0.3, 0.4) is 0 Å². The minimum absolute atomic E-state index is 0.229. The van der Waals surface area contributed by atoms with Gasteiger partial charge in [0.25, 0.3) is 0 Å². The Labute approximate surface area is 126 Å². The van der Waals surface area contributed by atoms with Crippen LogP contribution in [0.15, 0.2) is 30.3 Å². The van der Waals surface area contributed by atoms with E-state index in [1.807, 2.05) is 51.1 Å². The van der Waals surface area contributed by atoms with E-state index in [1.54, 1.807) is 0 Å². The third-order valence-corrected chi connectivity index (χ3v) is 3.42. The Kier molecular flexibility index (Phi) is 5.28. The zero-order valence-corrected chi connectivity index (χ0v) is 13.2. The van der Waals surface area contributed by atoms with Crippen LogP contribution in [0, 0.1) is 13.8 Å². The van der Waals surface area contributed by atoms with Crippen LogP contribution < -0.4 is 5.32 Å². The Morgan fingerprint density at radius 2 is 1.81 bits per heavy atom. The summed E-state index contributed by atoms with van der Waals surface area (Å²) in [5.74, 6) is 1.60. The average molecular weight is 285 g/mol. The van der Waals surface area contributed by atoms with Gasteiger partial charge in [-0.3, -0.25) is 0 Å². The number of nitrogens with one attached hydrogen (secondary N) is 1. The molecule has 21 heavy (non-hydrogen) atoms. The molecule has 0 saturated carbocycles. The summed E-state index contributed by atoms with van der Waals surface area (Å²) in [6.45, 7) is 9.55. The van der Waals surface area contributed by atoms with Crippen LogP contribution in [0.25, 0.3) is 0 Å². The van der Waals surface area contributed by atoms with Crippen molar-refractivity contribution in [3.05, 3.63) is 53.0 Å². The van der Waals surface area contributed by atoms with Crippen molar-refractivity contribution in [2.45, 2.75) is 33.8 Å². The van der Waals surface area contributed by atoms with Crippen molar-refractivity contribution in [1.82, 2.24) is 9.97 Å². The predicted molar refractivity (Wildman–Crippen MR) is 85.6 cm³/mol. The number of aromatic nitrogens is 2. The van der Waals surface area contributed by atoms with Crippen LogP contribution in [0.1, 0.15) is 42.6 Å². The second-order valence-electron chi connectivity index (χ2n) is 4.92. The van der Waals surface area contributed by atoms with Gasteiger partial charge in [0.1, 0.15) is 11.9 Å². The van der Waals surface area contributed by atoms with Crippen molar-refractivity contribution >= 4 is 5.82 Å². The van der Waals surface area contributed by atoms with Crippen molar-refractivity contribution < 1.29 is 4.74 Å². The van der Waals surface area contributed by atoms with E-state index < -0.39 is 0 Å². The van der Waals surface area contributed by atoms with Gasteiger partial charge in [0, 0.05) is 24.4 Å². The highest BCUT2D eigenvalue weighted by atomic mass is 16.5. The first-order valence-corrected chi connectivity index (χ1v) is 7.42. The lowest BCUT2D eigenvalue weighted by Crippen LogP contribution is -2.14. The second-order valence-corrected chi connectivity index (χ2v) is 4.92. The summed E-state index contributed by atoms with van der Waals surface area (Å²) in [5, 5.41) is 3.30. The van der Waals surface area contributed by atoms with E-state index in [0.717, 1.165) is 29.2 Å². The smallest absolute Gasteiger partial charge is 0.164 e. The summed E-state index contributed by atoms with van der Waals surface area (Å²) >= 11 is 0. The zero-order valence-electron chi connectivity index (χ0n) is 13.2. The van der Waals surface area contributed by atoms with Gasteiger partial charge in [-0.15, -0.1) is 0 Å². The van der Waals surface area contributed by atoms with E-state index >= 15 is 0 Å². The molecular weight excluding hydrogens is 262 g/mol. The third kappa shape index (κ3) is 3.58. The molecule has 2 rings (SSSR count). The molecule has 1 aromatic carbocycles. The molecule has 0 aliphatic heterocycles. The number of aryl methyl sites for hydroxylation is 1. The molecule has 4 heteroatoms. The summed E-state index contributed by atoms with van der Waals surface area (Å²) < 4.78 is 5.89. The van der Waals surface area contributed by atoms with E-state index in [0.29, 0.717) is 12.4 Å². The first-order valence-electron chi connectivity index (χ1n) is 7.42. The highest BCUT2D eigenvalue weighted by molar-refractivity contribution is 5.46. The first kappa shape index (κ1) is 15.4. The Morgan fingerprint density at radius 3 is 2.43 bits per heavy atom. The van der Waals surface area contributed by atoms with Gasteiger partial charge in [-0.05, 0) is 33.3 Å². The van der Waals surface area contributed by atoms with Crippen molar-refractivity contribution in [3.8, 4) is 0 Å². The quantitative estimate of drug-likeness (QED) is 0.880. The van der Waals surface area contributed by atoms with Gasteiger partial charge in [-0.1, -0.05) is 30.3 Å². The topological polar surface area (TPSA) is 47.0 Å². The highest BCUT2D eigenvalue weighted by Crippen LogP contribution is 2.26. The van der Waals surface area contributed by atoms with Gasteiger partial charge in [0.2, 0.25) is 0 Å². The molecule has 0 radical (unpaired) electrons. The van der Waals surface area contributed by atoms with Gasteiger partial charge in [0.15, 0.2) is 5.82 Å². The molecule has 1 atom stereocenters. The van der Waals surface area contributed by atoms with Gasteiger partial charge >= 0.3 is 0 Å². The standard InChI is InChI=1S/C17H23N3O/c1-5-18-16-12(3)13(4)19-17(20-16)15(21-6-2)14-10-8-7-9-11-14/h7-11,15H,5-6H2,1-4H3,(H,18,19,20). The van der Waals surface area contributed by atoms with Crippen LogP contribution in [0.2, 0.25) is 0 Å². The fraction of sp³-hybridized carbons (Fsp3) is 0.412. The van der Waals surface area contributed by atoms with Crippen LogP contribution >= 0.6 is 0 Å². The molecule has 0 aliphatic carbocycles. The molecule has 0 saturated heterocycles. The van der Waals surface area contributed by atoms with E-state index in [9.17, 15) is 0 Å². The summed E-state index contributed by atoms with van der Waals surface area (Å²) in [7, 11) is 0. The Hall–Kier alpha value is -1.94. The van der Waals surface area contributed by atoms with E-state index in [2.05, 4.69) is 22.2 Å². The molecule has 0 bridgehead atoms. The molecule has 1 unspecified atom stereocenters. The highest BCUT2D eigenvalue weighted by Gasteiger charge is 2.19. The van der Waals surface area contributed by atoms with Gasteiger partial charge in [-0.25, -0.2) is 9.97 Å². The molecule has 1 N–H and O–H groups in total. The lowest BCUT2D eigenvalue weighted by atomic mass is 10.1. The summed E-state index contributed by atoms with van der Waals surface area (Å²) in [5.41, 5.74) is 3.14. The maximum absolute atomic E-state index is 5.89. The first-order chi connectivity index (χ1) is 10.2. The van der Waals surface area contributed by atoms with E-state index in [4.69, 9.17) is 4.74 Å². The van der Waals surface area contributed by atoms with Gasteiger partial charge < -0.3 is 10.1 Å². The number of ether oxygens (including phenoxy) is 1. The lowest BCUT2D eigenvalue weighted by Gasteiger charge is -2.19. The van der Waals surface area contributed by atoms with Crippen LogP contribution in [-0.2, 0) is 4.74 Å². The number of nitrogens with zero attached hydrogens (tertiary/aromatic N) is 2. The van der Waals surface area contributed by atoms with Crippen molar-refractivity contribution in [2.24, 2.45) is 0 Å². The molecule has 0 fully saturated rings. The van der Waals surface area contributed by atoms with Crippen molar-refractivity contribution in [3.63, 3.8) is 0 Å². The number of benzene rings is 1. The van der Waals surface area contributed by atoms with Gasteiger partial charge in [-0.2, -0.15) is 0 Å². The SMILES string of the molecule is CCNc1nc(C(OCC)c2ccccc2)nc(C)c1C. The predicted octanol–water partition coefficient (Wildman–Crippen LogP) is 3.65. The zero-order chi connectivity index (χ0) is 15.2. The summed E-state index contributed by atoms with van der Waals surface area (Å²) in [6, 6.07) is 10.1. The van der Waals surface area contributed by atoms with Gasteiger partial charge in [0.05, 0.1) is 0 Å². The van der Waals surface area contributed by atoms with Crippen molar-refractivity contribution in [2.75, 3.05) is 18.5 Å². The maximum Gasteiger partial charge on any atom is 0.164 e. The number of hydrogen-bond donors (Lipinski definition) is 1. The number of anilines is 1. The fourth-order valence-corrected chi connectivity index (χ4v) is 2.22. The molecule has 0 aliphatic rings. The average Bonchev–Trinajstić information content (AvgIpc) is 2.50. The van der Waals surface area contributed by atoms with Crippen molar-refractivity contribution in [1.29, 1.82) is 0 Å². The van der Waals surface area contributed by atoms with E-state index in [-0.39, 0.29) is 6.10 Å². The summed E-state index contributed by atoms with van der Waals surface area (Å²) in [4.78, 5) is 9.31. The largest absolute Gasteiger partial charge is 0.370 e. The monoisotopic (exact) mass is 285 g/mol. The van der Waals surface area contributed by atoms with Crippen LogP contribution in [0.5, 0.6) is 0 Å². The molecular formula is C17H23N3O. The van der Waals surface area contributed by atoms with E-state index in [1.165, 1.54) is 0 Å². The molecule has 112 valence electrons. The number of hydrogen-bond acceptors (Lipinski definition) is 4. The minimum Gasteiger partial charge on any atom is -0.370 e. The molecule has 1 heterocycles. The Balaban J connectivity index is 2.45. The second kappa shape index (κ2) is 7.18. The molecule has 4 nitrogen and oxygen atoms in total. The molecule has 2 aromatic rings. The Bertz CT molecular complexity index is 584. The molecule has 0 amide bonds. The number of rotatable bonds is 6. The van der Waals surface area contributed by atoms with Crippen LogP contribution in [0.4, 0.5) is 5.82 Å². The van der Waals surface area contributed by atoms with Crippen LogP contribution in [-0.4, -0.2) is 23.1 Å². The molecule has 0 spiro atoms. The lowest BCUT2D eigenvalue weighted by molar-refractivity contribution is 0.0851. The third-order valence-electron chi connectivity index (χ3n) is 3.42.